The van der Waals surface area contributed by atoms with Gasteiger partial charge in [-0.25, -0.2) is 0 Å². The summed E-state index contributed by atoms with van der Waals surface area (Å²) in [5.74, 6) is -0.253. The number of aromatic nitrogens is 3. The second-order valence-corrected chi connectivity index (χ2v) is 10.9. The number of aryl methyl sites for hydroxylation is 2. The molecule has 0 radical (unpaired) electrons. The molecule has 0 aliphatic carbocycles. The molecule has 0 fully saturated rings. The normalized spacial score (nSPS) is 11.4. The maximum absolute atomic E-state index is 12.7. The highest BCUT2D eigenvalue weighted by Gasteiger charge is 2.16. The minimum absolute atomic E-state index is 0.0251. The summed E-state index contributed by atoms with van der Waals surface area (Å²) in [5, 5.41) is 15.6. The van der Waals surface area contributed by atoms with Crippen molar-refractivity contribution in [2.75, 3.05) is 23.3 Å². The molecule has 0 aliphatic rings. The summed E-state index contributed by atoms with van der Waals surface area (Å²) in [5.41, 5.74) is 8.21. The molecule has 0 bridgehead atoms. The van der Waals surface area contributed by atoms with Crippen molar-refractivity contribution in [2.24, 2.45) is 0 Å². The molecule has 1 amide bonds. The van der Waals surface area contributed by atoms with E-state index in [9.17, 15) is 4.79 Å². The average molecular weight is 529 g/mol. The predicted molar refractivity (Wildman–Crippen MR) is 161 cm³/mol. The van der Waals surface area contributed by atoms with Gasteiger partial charge in [0, 0.05) is 30.0 Å². The quantitative estimate of drug-likeness (QED) is 0.286. The molecular formula is C30H36N6OS. The van der Waals surface area contributed by atoms with Gasteiger partial charge < -0.3 is 10.2 Å². The number of nitrogens with one attached hydrogen (secondary N) is 2. The molecule has 8 heteroatoms. The summed E-state index contributed by atoms with van der Waals surface area (Å²) in [4.78, 5) is 16.7. The summed E-state index contributed by atoms with van der Waals surface area (Å²) in [6, 6.07) is 17.8. The molecule has 4 aromatic rings. The van der Waals surface area contributed by atoms with Crippen molar-refractivity contribution in [3.8, 4) is 5.69 Å². The summed E-state index contributed by atoms with van der Waals surface area (Å²) in [6.45, 7) is 16.7. The minimum Gasteiger partial charge on any atom is -0.372 e. The molecule has 38 heavy (non-hydrogen) atoms. The summed E-state index contributed by atoms with van der Waals surface area (Å²) < 4.78 is 0. The third kappa shape index (κ3) is 5.86. The van der Waals surface area contributed by atoms with Crippen LogP contribution in [-0.2, 0) is 5.41 Å². The Labute approximate surface area is 230 Å². The molecule has 0 unspecified atom stereocenters. The largest absolute Gasteiger partial charge is 0.372 e. The van der Waals surface area contributed by atoms with Gasteiger partial charge in [-0.15, -0.1) is 10.2 Å². The Kier molecular flexibility index (Phi) is 7.83. The van der Waals surface area contributed by atoms with Gasteiger partial charge in [-0.2, -0.15) is 4.80 Å². The molecular weight excluding hydrogens is 492 g/mol. The van der Waals surface area contributed by atoms with Gasteiger partial charge in [0.15, 0.2) is 5.11 Å². The van der Waals surface area contributed by atoms with Crippen LogP contribution in [0.2, 0.25) is 0 Å². The van der Waals surface area contributed by atoms with Crippen molar-refractivity contribution in [1.82, 2.24) is 20.3 Å². The first kappa shape index (κ1) is 27.3. The SMILES string of the molecule is CCN(CC)c1ccc(-n2nc3cc(C)c(NC(=S)NC(=O)c4ccc(C(C)(C)C)cc4)cc3n2)c(C)c1. The highest BCUT2D eigenvalue weighted by Crippen LogP contribution is 2.25. The maximum atomic E-state index is 12.7. The lowest BCUT2D eigenvalue weighted by Crippen LogP contribution is -2.34. The number of fused-ring (bicyclic) bond motifs is 1. The first-order chi connectivity index (χ1) is 18.0. The number of hydrogen-bond donors (Lipinski definition) is 2. The van der Waals surface area contributed by atoms with E-state index in [1.807, 2.05) is 43.3 Å². The number of thiocarbonyl (C=S) groups is 1. The summed E-state index contributed by atoms with van der Waals surface area (Å²) in [6.07, 6.45) is 0. The molecule has 0 saturated heterocycles. The molecule has 0 spiro atoms. The second-order valence-electron chi connectivity index (χ2n) is 10.5. The molecule has 0 atom stereocenters. The van der Waals surface area contributed by atoms with Gasteiger partial charge >= 0.3 is 0 Å². The minimum atomic E-state index is -0.253. The molecule has 1 heterocycles. The highest BCUT2D eigenvalue weighted by molar-refractivity contribution is 7.80. The van der Waals surface area contributed by atoms with Crippen molar-refractivity contribution in [1.29, 1.82) is 0 Å². The monoisotopic (exact) mass is 528 g/mol. The van der Waals surface area contributed by atoms with Crippen LogP contribution >= 0.6 is 12.2 Å². The van der Waals surface area contributed by atoms with E-state index in [4.69, 9.17) is 22.4 Å². The van der Waals surface area contributed by atoms with Crippen LogP contribution in [-0.4, -0.2) is 39.1 Å². The number of amides is 1. The van der Waals surface area contributed by atoms with Gasteiger partial charge in [0.05, 0.1) is 5.69 Å². The molecule has 7 nitrogen and oxygen atoms in total. The van der Waals surface area contributed by atoms with Crippen molar-refractivity contribution in [2.45, 2.75) is 53.9 Å². The van der Waals surface area contributed by atoms with Crippen molar-refractivity contribution in [3.05, 3.63) is 76.9 Å². The third-order valence-corrected chi connectivity index (χ3v) is 6.94. The Morgan fingerprint density at radius 2 is 1.55 bits per heavy atom. The molecule has 1 aromatic heterocycles. The number of benzene rings is 3. The van der Waals surface area contributed by atoms with E-state index in [1.54, 1.807) is 4.80 Å². The number of rotatable bonds is 6. The van der Waals surface area contributed by atoms with E-state index < -0.39 is 0 Å². The van der Waals surface area contributed by atoms with Crippen LogP contribution in [0.4, 0.5) is 11.4 Å². The van der Waals surface area contributed by atoms with Gasteiger partial charge in [0.2, 0.25) is 0 Å². The number of nitrogens with zero attached hydrogens (tertiary/aromatic N) is 4. The highest BCUT2D eigenvalue weighted by atomic mass is 32.1. The van der Waals surface area contributed by atoms with Crippen LogP contribution in [0.15, 0.2) is 54.6 Å². The lowest BCUT2D eigenvalue weighted by Gasteiger charge is -2.22. The smallest absolute Gasteiger partial charge is 0.257 e. The molecule has 2 N–H and O–H groups in total. The molecule has 198 valence electrons. The lowest BCUT2D eigenvalue weighted by atomic mass is 9.87. The summed E-state index contributed by atoms with van der Waals surface area (Å²) >= 11 is 5.44. The Morgan fingerprint density at radius 3 is 2.13 bits per heavy atom. The number of anilines is 2. The number of carbonyl (C=O) groups excluding carboxylic acids is 1. The van der Waals surface area contributed by atoms with E-state index in [0.717, 1.165) is 46.6 Å². The van der Waals surface area contributed by atoms with Gasteiger partial charge in [-0.05, 0) is 104 Å². The zero-order valence-electron chi connectivity index (χ0n) is 23.2. The fraction of sp³-hybridized carbons (Fsp3) is 0.333. The summed E-state index contributed by atoms with van der Waals surface area (Å²) in [7, 11) is 0. The molecule has 3 aromatic carbocycles. The van der Waals surface area contributed by atoms with Gasteiger partial charge in [0.1, 0.15) is 11.0 Å². The molecule has 4 rings (SSSR count). The zero-order chi connectivity index (χ0) is 27.6. The van der Waals surface area contributed by atoms with Crippen molar-refractivity contribution in [3.63, 3.8) is 0 Å². The molecule has 0 aliphatic heterocycles. The first-order valence-electron chi connectivity index (χ1n) is 13.0. The van der Waals surface area contributed by atoms with Gasteiger partial charge in [0.25, 0.3) is 5.91 Å². The van der Waals surface area contributed by atoms with E-state index in [0.29, 0.717) is 5.56 Å². The predicted octanol–water partition coefficient (Wildman–Crippen LogP) is 6.31. The van der Waals surface area contributed by atoms with Gasteiger partial charge in [-0.3, -0.25) is 10.1 Å². The fourth-order valence-corrected chi connectivity index (χ4v) is 4.61. The number of carbonyl (C=O) groups is 1. The Balaban J connectivity index is 1.50. The van der Waals surface area contributed by atoms with Crippen LogP contribution in [0.1, 0.15) is 61.7 Å². The fourth-order valence-electron chi connectivity index (χ4n) is 4.41. The molecule has 0 saturated carbocycles. The first-order valence-corrected chi connectivity index (χ1v) is 13.4. The lowest BCUT2D eigenvalue weighted by molar-refractivity contribution is 0.0977. The Morgan fingerprint density at radius 1 is 0.921 bits per heavy atom. The standard InChI is InChI=1S/C30H36N6OS/c1-8-35(9-2)23-14-15-27(20(4)16-23)36-33-25-17-19(3)24(18-26(25)34-36)31-29(38)32-28(37)21-10-12-22(13-11-21)30(5,6)7/h10-18H,8-9H2,1-7H3,(H2,31,32,37,38). The second kappa shape index (κ2) is 10.9. The van der Waals surface area contributed by atoms with Crippen LogP contribution in [0.3, 0.4) is 0 Å². The van der Waals surface area contributed by atoms with E-state index in [1.165, 1.54) is 11.3 Å². The van der Waals surface area contributed by atoms with Crippen molar-refractivity contribution < 1.29 is 4.79 Å². The number of hydrogen-bond acceptors (Lipinski definition) is 5. The average Bonchev–Trinajstić information content (AvgIpc) is 3.26. The van der Waals surface area contributed by atoms with Crippen molar-refractivity contribution >= 4 is 45.6 Å². The van der Waals surface area contributed by atoms with Crippen LogP contribution in [0.5, 0.6) is 0 Å². The van der Waals surface area contributed by atoms with Crippen LogP contribution in [0, 0.1) is 13.8 Å². The third-order valence-electron chi connectivity index (χ3n) is 6.74. The Bertz CT molecular complexity index is 1480. The van der Waals surface area contributed by atoms with Crippen LogP contribution in [0.25, 0.3) is 16.7 Å². The Hall–Kier alpha value is -3.78. The topological polar surface area (TPSA) is 75.1 Å². The van der Waals surface area contributed by atoms with E-state index >= 15 is 0 Å². The maximum Gasteiger partial charge on any atom is 0.257 e. The zero-order valence-corrected chi connectivity index (χ0v) is 24.0. The van der Waals surface area contributed by atoms with E-state index in [-0.39, 0.29) is 16.4 Å². The van der Waals surface area contributed by atoms with E-state index in [2.05, 4.69) is 75.3 Å². The van der Waals surface area contributed by atoms with Gasteiger partial charge in [-0.1, -0.05) is 32.9 Å². The van der Waals surface area contributed by atoms with Crippen LogP contribution < -0.4 is 15.5 Å².